The van der Waals surface area contributed by atoms with Gasteiger partial charge < -0.3 is 54.7 Å². The van der Waals surface area contributed by atoms with Crippen LogP contribution in [0.4, 0.5) is 0 Å². The SMILES string of the molecule is O=C(CCC(=O)OCC1OC(O)C(O)C(O)C1O)OCCC1OC(O)C(O)=C1O. The highest BCUT2D eigenvalue weighted by molar-refractivity contribution is 5.77. The van der Waals surface area contributed by atoms with E-state index < -0.39 is 73.2 Å². The zero-order valence-electron chi connectivity index (χ0n) is 15.2. The van der Waals surface area contributed by atoms with Crippen molar-refractivity contribution in [2.75, 3.05) is 13.2 Å². The number of hydrogen-bond acceptors (Lipinski definition) is 13. The lowest BCUT2D eigenvalue weighted by Crippen LogP contribution is -2.58. The summed E-state index contributed by atoms with van der Waals surface area (Å²) in [4.78, 5) is 23.3. The van der Waals surface area contributed by atoms with Gasteiger partial charge in [-0.3, -0.25) is 9.59 Å². The van der Waals surface area contributed by atoms with Gasteiger partial charge in [0.15, 0.2) is 17.8 Å². The Hall–Kier alpha value is -2.00. The Labute approximate surface area is 164 Å². The Bertz CT molecular complexity index is 620. The van der Waals surface area contributed by atoms with Crippen LogP contribution in [0.1, 0.15) is 19.3 Å². The van der Waals surface area contributed by atoms with E-state index in [1.807, 2.05) is 0 Å². The lowest BCUT2D eigenvalue weighted by Gasteiger charge is -2.37. The second-order valence-corrected chi connectivity index (χ2v) is 6.48. The van der Waals surface area contributed by atoms with Crippen molar-refractivity contribution in [1.29, 1.82) is 0 Å². The molecule has 0 aliphatic carbocycles. The smallest absolute Gasteiger partial charge is 0.306 e. The van der Waals surface area contributed by atoms with E-state index >= 15 is 0 Å². The monoisotopic (exact) mass is 424 g/mol. The maximum Gasteiger partial charge on any atom is 0.306 e. The Kier molecular flexibility index (Phi) is 8.15. The number of hydrogen-bond donors (Lipinski definition) is 7. The third-order valence-corrected chi connectivity index (χ3v) is 4.37. The summed E-state index contributed by atoms with van der Waals surface area (Å²) in [7, 11) is 0. The molecule has 0 saturated carbocycles. The van der Waals surface area contributed by atoms with Crippen LogP contribution in [0.25, 0.3) is 0 Å². The fourth-order valence-electron chi connectivity index (χ4n) is 2.65. The molecule has 0 bridgehead atoms. The second-order valence-electron chi connectivity index (χ2n) is 6.48. The van der Waals surface area contributed by atoms with Gasteiger partial charge in [-0.1, -0.05) is 0 Å². The normalized spacial score (nSPS) is 34.9. The van der Waals surface area contributed by atoms with E-state index in [0.717, 1.165) is 0 Å². The average Bonchev–Trinajstić information content (AvgIpc) is 2.93. The summed E-state index contributed by atoms with van der Waals surface area (Å²) in [5.41, 5.74) is 0. The predicted octanol–water partition coefficient (Wildman–Crippen LogP) is -2.91. The molecule has 0 amide bonds. The number of aliphatic hydroxyl groups is 7. The first kappa shape index (κ1) is 23.3. The predicted molar refractivity (Wildman–Crippen MR) is 87.8 cm³/mol. The van der Waals surface area contributed by atoms with Crippen LogP contribution in [0.15, 0.2) is 11.5 Å². The molecule has 7 unspecified atom stereocenters. The van der Waals surface area contributed by atoms with Crippen molar-refractivity contribution in [2.45, 2.75) is 62.4 Å². The van der Waals surface area contributed by atoms with Crippen molar-refractivity contribution in [1.82, 2.24) is 0 Å². The third kappa shape index (κ3) is 5.99. The summed E-state index contributed by atoms with van der Waals surface area (Å²) in [6.45, 7) is -0.727. The summed E-state index contributed by atoms with van der Waals surface area (Å²) in [5.74, 6) is -2.84. The van der Waals surface area contributed by atoms with Crippen LogP contribution in [0, 0.1) is 0 Å². The Morgan fingerprint density at radius 1 is 0.828 bits per heavy atom. The molecule has 7 atom stereocenters. The maximum atomic E-state index is 11.7. The molecular weight excluding hydrogens is 400 g/mol. The largest absolute Gasteiger partial charge is 0.506 e. The molecule has 2 aliphatic heterocycles. The van der Waals surface area contributed by atoms with Gasteiger partial charge in [-0.15, -0.1) is 0 Å². The van der Waals surface area contributed by atoms with Crippen LogP contribution in [0.3, 0.4) is 0 Å². The quantitative estimate of drug-likeness (QED) is 0.195. The number of ether oxygens (including phenoxy) is 4. The lowest BCUT2D eigenvalue weighted by atomic mass is 9.99. The molecule has 7 N–H and O–H groups in total. The molecule has 0 spiro atoms. The topological polar surface area (TPSA) is 213 Å². The first-order valence-corrected chi connectivity index (χ1v) is 8.76. The van der Waals surface area contributed by atoms with Crippen LogP contribution in [-0.4, -0.2) is 104 Å². The summed E-state index contributed by atoms with van der Waals surface area (Å²) in [5, 5.41) is 65.9. The van der Waals surface area contributed by atoms with Crippen LogP contribution in [0.2, 0.25) is 0 Å². The molecule has 0 aromatic rings. The molecule has 1 saturated heterocycles. The lowest BCUT2D eigenvalue weighted by molar-refractivity contribution is -0.287. The molecule has 0 radical (unpaired) electrons. The molecule has 2 heterocycles. The van der Waals surface area contributed by atoms with Crippen molar-refractivity contribution in [3.63, 3.8) is 0 Å². The highest BCUT2D eigenvalue weighted by Crippen LogP contribution is 2.24. The van der Waals surface area contributed by atoms with E-state index in [1.54, 1.807) is 0 Å². The van der Waals surface area contributed by atoms with Crippen molar-refractivity contribution in [2.24, 2.45) is 0 Å². The van der Waals surface area contributed by atoms with Crippen LogP contribution >= 0.6 is 0 Å². The summed E-state index contributed by atoms with van der Waals surface area (Å²) in [6.07, 6.45) is -11.4. The highest BCUT2D eigenvalue weighted by Gasteiger charge is 2.43. The molecule has 2 aliphatic rings. The van der Waals surface area contributed by atoms with E-state index in [9.17, 15) is 45.3 Å². The minimum atomic E-state index is -1.76. The standard InChI is InChI=1S/C16H24O13/c17-8(26-4-3-6-10(19)13(22)15(24)28-6)1-2-9(18)27-5-7-11(20)12(21)14(23)16(25)29-7/h6-7,11-12,14-16,19-25H,1-5H2. The second kappa shape index (κ2) is 10.2. The molecule has 1 fully saturated rings. The number of carbonyl (C=O) groups excluding carboxylic acids is 2. The van der Waals surface area contributed by atoms with Crippen molar-refractivity contribution >= 4 is 11.9 Å². The molecule has 166 valence electrons. The number of carbonyl (C=O) groups is 2. The van der Waals surface area contributed by atoms with E-state index in [4.69, 9.17) is 18.9 Å². The van der Waals surface area contributed by atoms with Crippen molar-refractivity contribution in [3.05, 3.63) is 11.5 Å². The van der Waals surface area contributed by atoms with Gasteiger partial charge in [-0.2, -0.15) is 0 Å². The summed E-state index contributed by atoms with van der Waals surface area (Å²) in [6, 6.07) is 0. The van der Waals surface area contributed by atoms with Gasteiger partial charge in [0.05, 0.1) is 19.4 Å². The molecule has 0 aromatic heterocycles. The van der Waals surface area contributed by atoms with Gasteiger partial charge >= 0.3 is 11.9 Å². The van der Waals surface area contributed by atoms with Crippen LogP contribution in [0.5, 0.6) is 0 Å². The average molecular weight is 424 g/mol. The Morgan fingerprint density at radius 2 is 1.45 bits per heavy atom. The summed E-state index contributed by atoms with van der Waals surface area (Å²) < 4.78 is 19.3. The number of esters is 2. The molecule has 13 heteroatoms. The van der Waals surface area contributed by atoms with Crippen molar-refractivity contribution < 1.29 is 64.3 Å². The molecular formula is C16H24O13. The maximum absolute atomic E-state index is 11.7. The van der Waals surface area contributed by atoms with Gasteiger partial charge in [0.1, 0.15) is 37.1 Å². The van der Waals surface area contributed by atoms with Gasteiger partial charge in [0.2, 0.25) is 6.29 Å². The van der Waals surface area contributed by atoms with Gasteiger partial charge in [-0.05, 0) is 0 Å². The molecule has 0 aromatic carbocycles. The third-order valence-electron chi connectivity index (χ3n) is 4.37. The molecule has 29 heavy (non-hydrogen) atoms. The fraction of sp³-hybridized carbons (Fsp3) is 0.750. The minimum absolute atomic E-state index is 0.0312. The summed E-state index contributed by atoms with van der Waals surface area (Å²) >= 11 is 0. The molecule has 13 nitrogen and oxygen atoms in total. The number of aliphatic hydroxyl groups excluding tert-OH is 7. The number of rotatable bonds is 8. The minimum Gasteiger partial charge on any atom is -0.506 e. The van der Waals surface area contributed by atoms with E-state index in [2.05, 4.69) is 0 Å². The molecule has 2 rings (SSSR count). The van der Waals surface area contributed by atoms with Gasteiger partial charge in [0, 0.05) is 6.42 Å². The Morgan fingerprint density at radius 3 is 2.03 bits per heavy atom. The van der Waals surface area contributed by atoms with Crippen LogP contribution in [-0.2, 0) is 28.5 Å². The van der Waals surface area contributed by atoms with Gasteiger partial charge in [0.25, 0.3) is 0 Å². The van der Waals surface area contributed by atoms with E-state index in [-0.39, 0.29) is 25.9 Å². The highest BCUT2D eigenvalue weighted by atomic mass is 16.7. The van der Waals surface area contributed by atoms with Crippen molar-refractivity contribution in [3.8, 4) is 0 Å². The first-order chi connectivity index (χ1) is 13.6. The van der Waals surface area contributed by atoms with E-state index in [0.29, 0.717) is 0 Å². The van der Waals surface area contributed by atoms with E-state index in [1.165, 1.54) is 0 Å². The van der Waals surface area contributed by atoms with Gasteiger partial charge in [-0.25, -0.2) is 0 Å². The first-order valence-electron chi connectivity index (χ1n) is 8.76. The zero-order valence-corrected chi connectivity index (χ0v) is 15.2. The fourth-order valence-corrected chi connectivity index (χ4v) is 2.65. The Balaban J connectivity index is 1.62. The van der Waals surface area contributed by atoms with Crippen LogP contribution < -0.4 is 0 Å². The zero-order chi connectivity index (χ0) is 21.7.